The van der Waals surface area contributed by atoms with Crippen LogP contribution in [0.3, 0.4) is 0 Å². The van der Waals surface area contributed by atoms with Crippen molar-refractivity contribution in [3.8, 4) is 5.75 Å². The number of hydrogen-bond donors (Lipinski definition) is 1. The zero-order valence-electron chi connectivity index (χ0n) is 9.09. The maximum Gasteiger partial charge on any atom is 0.171 e. The quantitative estimate of drug-likeness (QED) is 0.694. The van der Waals surface area contributed by atoms with E-state index in [-0.39, 0.29) is 11.5 Å². The molecule has 2 nitrogen and oxygen atoms in total. The van der Waals surface area contributed by atoms with Crippen LogP contribution in [0.1, 0.15) is 36.7 Å². The van der Waals surface area contributed by atoms with Crippen LogP contribution < -0.4 is 0 Å². The fraction of sp³-hybridized carbons (Fsp3) is 0.417. The van der Waals surface area contributed by atoms with E-state index in [1.807, 2.05) is 33.8 Å². The number of ketones is 1. The van der Waals surface area contributed by atoms with Crippen LogP contribution >= 0.6 is 0 Å². The number of aryl methyl sites for hydroxylation is 1. The Kier molecular flexibility index (Phi) is 2.65. The van der Waals surface area contributed by atoms with E-state index in [1.54, 1.807) is 12.1 Å². The smallest absolute Gasteiger partial charge is 0.171 e. The number of benzene rings is 1. The second-order valence-corrected chi connectivity index (χ2v) is 4.60. The van der Waals surface area contributed by atoms with Crippen LogP contribution in [-0.2, 0) is 0 Å². The van der Waals surface area contributed by atoms with Gasteiger partial charge in [0, 0.05) is 5.41 Å². The van der Waals surface area contributed by atoms with Crippen molar-refractivity contribution in [2.75, 3.05) is 0 Å². The number of phenolic OH excluding ortho intramolecular Hbond substituents is 1. The molecule has 0 aliphatic rings. The summed E-state index contributed by atoms with van der Waals surface area (Å²) in [6.45, 7) is 7.41. The second kappa shape index (κ2) is 3.45. The van der Waals surface area contributed by atoms with E-state index in [1.165, 1.54) is 0 Å². The minimum atomic E-state index is -0.452. The van der Waals surface area contributed by atoms with Crippen molar-refractivity contribution in [2.24, 2.45) is 5.41 Å². The van der Waals surface area contributed by atoms with E-state index in [0.717, 1.165) is 5.56 Å². The van der Waals surface area contributed by atoms with Gasteiger partial charge in [-0.1, -0.05) is 26.8 Å². The lowest BCUT2D eigenvalue weighted by Gasteiger charge is -2.17. The Bertz CT molecular complexity index is 359. The van der Waals surface area contributed by atoms with Gasteiger partial charge in [-0.3, -0.25) is 4.79 Å². The number of carbonyl (C=O) groups is 1. The van der Waals surface area contributed by atoms with Gasteiger partial charge in [0.25, 0.3) is 0 Å². The predicted molar refractivity (Wildman–Crippen MR) is 56.6 cm³/mol. The third-order valence-corrected chi connectivity index (χ3v) is 2.08. The van der Waals surface area contributed by atoms with Crippen molar-refractivity contribution in [3.05, 3.63) is 29.3 Å². The van der Waals surface area contributed by atoms with Gasteiger partial charge in [-0.2, -0.15) is 0 Å². The first-order chi connectivity index (χ1) is 6.32. The van der Waals surface area contributed by atoms with Crippen LogP contribution in [0.15, 0.2) is 18.2 Å². The lowest BCUT2D eigenvalue weighted by molar-refractivity contribution is 0.0855. The van der Waals surface area contributed by atoms with Crippen molar-refractivity contribution < 1.29 is 9.90 Å². The summed E-state index contributed by atoms with van der Waals surface area (Å²) < 4.78 is 0. The van der Waals surface area contributed by atoms with Crippen LogP contribution in [0.5, 0.6) is 5.75 Å². The van der Waals surface area contributed by atoms with Gasteiger partial charge in [0.2, 0.25) is 0 Å². The van der Waals surface area contributed by atoms with E-state index < -0.39 is 5.41 Å². The molecule has 0 heterocycles. The fourth-order valence-electron chi connectivity index (χ4n) is 1.24. The van der Waals surface area contributed by atoms with E-state index in [2.05, 4.69) is 0 Å². The highest BCUT2D eigenvalue weighted by atomic mass is 16.3. The summed E-state index contributed by atoms with van der Waals surface area (Å²) in [4.78, 5) is 11.8. The molecule has 1 aromatic rings. The number of phenols is 1. The highest BCUT2D eigenvalue weighted by Crippen LogP contribution is 2.27. The lowest BCUT2D eigenvalue weighted by Crippen LogP contribution is -2.20. The zero-order chi connectivity index (χ0) is 10.9. The average Bonchev–Trinajstić information content (AvgIpc) is 2.01. The van der Waals surface area contributed by atoms with Crippen molar-refractivity contribution in [2.45, 2.75) is 27.7 Å². The summed E-state index contributed by atoms with van der Waals surface area (Å²) in [5, 5.41) is 9.60. The molecule has 0 unspecified atom stereocenters. The lowest BCUT2D eigenvalue weighted by atomic mass is 9.86. The Morgan fingerprint density at radius 2 is 1.86 bits per heavy atom. The molecule has 0 aliphatic carbocycles. The van der Waals surface area contributed by atoms with E-state index >= 15 is 0 Å². The SMILES string of the molecule is Cc1ccc(C(=O)C(C)(C)C)c(O)c1. The van der Waals surface area contributed by atoms with Gasteiger partial charge >= 0.3 is 0 Å². The summed E-state index contributed by atoms with van der Waals surface area (Å²) in [7, 11) is 0. The van der Waals surface area contributed by atoms with E-state index in [4.69, 9.17) is 0 Å². The molecule has 0 amide bonds. The van der Waals surface area contributed by atoms with Crippen molar-refractivity contribution in [1.29, 1.82) is 0 Å². The Labute approximate surface area is 84.6 Å². The third-order valence-electron chi connectivity index (χ3n) is 2.08. The molecule has 0 atom stereocenters. The molecule has 0 radical (unpaired) electrons. The highest BCUT2D eigenvalue weighted by molar-refractivity contribution is 6.02. The molecule has 0 saturated heterocycles. The Balaban J connectivity index is 3.15. The van der Waals surface area contributed by atoms with Gasteiger partial charge in [0.05, 0.1) is 5.56 Å². The van der Waals surface area contributed by atoms with Gasteiger partial charge < -0.3 is 5.11 Å². The number of carbonyl (C=O) groups excluding carboxylic acids is 1. The summed E-state index contributed by atoms with van der Waals surface area (Å²) in [5.41, 5.74) is 0.906. The van der Waals surface area contributed by atoms with Crippen LogP contribution in [-0.4, -0.2) is 10.9 Å². The van der Waals surface area contributed by atoms with Crippen LogP contribution in [0.25, 0.3) is 0 Å². The van der Waals surface area contributed by atoms with Crippen LogP contribution in [0.2, 0.25) is 0 Å². The van der Waals surface area contributed by atoms with Gasteiger partial charge in [-0.15, -0.1) is 0 Å². The first-order valence-corrected chi connectivity index (χ1v) is 4.67. The number of rotatable bonds is 1. The van der Waals surface area contributed by atoms with Crippen molar-refractivity contribution in [1.82, 2.24) is 0 Å². The molecule has 14 heavy (non-hydrogen) atoms. The van der Waals surface area contributed by atoms with E-state index in [9.17, 15) is 9.90 Å². The molecule has 76 valence electrons. The summed E-state index contributed by atoms with van der Waals surface area (Å²) in [5.74, 6) is 0.0416. The highest BCUT2D eigenvalue weighted by Gasteiger charge is 2.24. The summed E-state index contributed by atoms with van der Waals surface area (Å²) in [6, 6.07) is 5.12. The molecule has 1 N–H and O–H groups in total. The number of Topliss-reactive ketones (excluding diaryl/α,β-unsaturated/α-hetero) is 1. The molecule has 0 aromatic heterocycles. The third kappa shape index (κ3) is 2.13. The normalized spacial score (nSPS) is 11.4. The monoisotopic (exact) mass is 192 g/mol. The van der Waals surface area contributed by atoms with Crippen molar-refractivity contribution in [3.63, 3.8) is 0 Å². The largest absolute Gasteiger partial charge is 0.507 e. The first-order valence-electron chi connectivity index (χ1n) is 4.67. The molecular weight excluding hydrogens is 176 g/mol. The minimum absolute atomic E-state index is 0.0324. The van der Waals surface area contributed by atoms with Crippen molar-refractivity contribution >= 4 is 5.78 Å². The Hall–Kier alpha value is -1.31. The average molecular weight is 192 g/mol. The van der Waals surface area contributed by atoms with Gasteiger partial charge in [0.15, 0.2) is 5.78 Å². The summed E-state index contributed by atoms with van der Waals surface area (Å²) in [6.07, 6.45) is 0. The van der Waals surface area contributed by atoms with Crippen LogP contribution in [0.4, 0.5) is 0 Å². The first kappa shape index (κ1) is 10.8. The molecular formula is C12H16O2. The summed E-state index contributed by atoms with van der Waals surface area (Å²) >= 11 is 0. The zero-order valence-corrected chi connectivity index (χ0v) is 9.09. The Morgan fingerprint density at radius 1 is 1.29 bits per heavy atom. The van der Waals surface area contributed by atoms with Gasteiger partial charge in [-0.25, -0.2) is 0 Å². The molecule has 2 heteroatoms. The van der Waals surface area contributed by atoms with Crippen LogP contribution in [0, 0.1) is 12.3 Å². The number of hydrogen-bond acceptors (Lipinski definition) is 2. The number of aromatic hydroxyl groups is 1. The second-order valence-electron chi connectivity index (χ2n) is 4.60. The van der Waals surface area contributed by atoms with Gasteiger partial charge in [-0.05, 0) is 24.6 Å². The molecule has 0 aliphatic heterocycles. The molecule has 0 saturated carbocycles. The molecule has 0 spiro atoms. The fourth-order valence-corrected chi connectivity index (χ4v) is 1.24. The van der Waals surface area contributed by atoms with E-state index in [0.29, 0.717) is 5.56 Å². The molecule has 0 bridgehead atoms. The Morgan fingerprint density at radius 3 is 2.29 bits per heavy atom. The minimum Gasteiger partial charge on any atom is -0.507 e. The molecule has 1 aromatic carbocycles. The molecule has 0 fully saturated rings. The maximum absolute atomic E-state index is 11.8. The standard InChI is InChI=1S/C12H16O2/c1-8-5-6-9(10(13)7-8)11(14)12(2,3)4/h5-7,13H,1-4H3. The predicted octanol–water partition coefficient (Wildman–Crippen LogP) is 2.93. The van der Waals surface area contributed by atoms with Gasteiger partial charge in [0.1, 0.15) is 5.75 Å². The maximum atomic E-state index is 11.8. The topological polar surface area (TPSA) is 37.3 Å². The molecule has 1 rings (SSSR count).